The number of aliphatic hydroxyl groups excluding tert-OH is 1. The highest BCUT2D eigenvalue weighted by molar-refractivity contribution is 5.15. The summed E-state index contributed by atoms with van der Waals surface area (Å²) in [6.07, 6.45) is -2.27. The van der Waals surface area contributed by atoms with Crippen LogP contribution in [0.5, 0.6) is 0 Å². The van der Waals surface area contributed by atoms with Crippen LogP contribution in [0.25, 0.3) is 10.4 Å². The monoisotopic (exact) mass is 493 g/mol. The molecule has 1 saturated heterocycles. The lowest BCUT2D eigenvalue weighted by molar-refractivity contribution is -0.151. The summed E-state index contributed by atoms with van der Waals surface area (Å²) in [7, 11) is 0. The highest BCUT2D eigenvalue weighted by Crippen LogP contribution is 2.40. The summed E-state index contributed by atoms with van der Waals surface area (Å²) in [6, 6.07) is 18.8. The first-order valence-corrected chi connectivity index (χ1v) is 11.4. The fraction of sp³-hybridized carbons (Fsp3) is 0.360. The third kappa shape index (κ3) is 5.56. The van der Waals surface area contributed by atoms with Crippen molar-refractivity contribution in [2.75, 3.05) is 13.2 Å². The van der Waals surface area contributed by atoms with Gasteiger partial charge in [0.1, 0.15) is 17.8 Å². The number of H-pyrrole nitrogens is 1. The van der Waals surface area contributed by atoms with Crippen molar-refractivity contribution in [2.24, 2.45) is 5.11 Å². The highest BCUT2D eigenvalue weighted by Gasteiger charge is 2.56. The van der Waals surface area contributed by atoms with Crippen LogP contribution in [0.1, 0.15) is 22.9 Å². The first kappa shape index (κ1) is 25.4. The van der Waals surface area contributed by atoms with Crippen molar-refractivity contribution in [3.8, 4) is 0 Å². The Labute approximate surface area is 206 Å². The van der Waals surface area contributed by atoms with E-state index in [1.54, 1.807) is 0 Å². The average Bonchev–Trinajstić information content (AvgIpc) is 3.16. The Hall–Kier alpha value is -3.73. The molecular weight excluding hydrogens is 466 g/mol. The summed E-state index contributed by atoms with van der Waals surface area (Å²) >= 11 is 0. The summed E-state index contributed by atoms with van der Waals surface area (Å²) < 4.78 is 19.4. The van der Waals surface area contributed by atoms with E-state index in [9.17, 15) is 14.7 Å². The molecular formula is C25H27N5O6. The number of benzene rings is 2. The van der Waals surface area contributed by atoms with Crippen molar-refractivity contribution in [2.45, 2.75) is 44.2 Å². The number of azide groups is 1. The largest absolute Gasteiger partial charge is 0.386 e. The maximum absolute atomic E-state index is 12.6. The van der Waals surface area contributed by atoms with Crippen LogP contribution in [0.2, 0.25) is 0 Å². The van der Waals surface area contributed by atoms with Gasteiger partial charge in [-0.1, -0.05) is 65.8 Å². The normalized spacial score (nSPS) is 23.3. The molecule has 0 aliphatic carbocycles. The summed E-state index contributed by atoms with van der Waals surface area (Å²) in [6.45, 7) is 1.60. The first-order valence-electron chi connectivity index (χ1n) is 11.4. The van der Waals surface area contributed by atoms with Crippen LogP contribution in [0.4, 0.5) is 0 Å². The van der Waals surface area contributed by atoms with E-state index in [0.29, 0.717) is 0 Å². The van der Waals surface area contributed by atoms with E-state index >= 15 is 0 Å². The number of ether oxygens (including phenoxy) is 3. The van der Waals surface area contributed by atoms with Crippen molar-refractivity contribution in [1.82, 2.24) is 9.55 Å². The van der Waals surface area contributed by atoms with Gasteiger partial charge >= 0.3 is 5.69 Å². The third-order valence-electron chi connectivity index (χ3n) is 6.03. The van der Waals surface area contributed by atoms with Crippen molar-refractivity contribution in [3.63, 3.8) is 0 Å². The predicted molar refractivity (Wildman–Crippen MR) is 130 cm³/mol. The second kappa shape index (κ2) is 11.3. The Morgan fingerprint density at radius 3 is 2.39 bits per heavy atom. The quantitative estimate of drug-likeness (QED) is 0.252. The number of hydrogen-bond donors (Lipinski definition) is 2. The van der Waals surface area contributed by atoms with Crippen LogP contribution < -0.4 is 11.2 Å². The van der Waals surface area contributed by atoms with Crippen molar-refractivity contribution < 1.29 is 19.3 Å². The number of rotatable bonds is 10. The second-order valence-electron chi connectivity index (χ2n) is 8.63. The van der Waals surface area contributed by atoms with E-state index in [0.717, 1.165) is 15.7 Å². The van der Waals surface area contributed by atoms with Gasteiger partial charge in [-0.15, -0.1) is 0 Å². The average molecular weight is 494 g/mol. The first-order chi connectivity index (χ1) is 17.4. The molecule has 0 radical (unpaired) electrons. The van der Waals surface area contributed by atoms with Crippen LogP contribution in [-0.4, -0.2) is 45.6 Å². The second-order valence-corrected chi connectivity index (χ2v) is 8.63. The standard InChI is InChI=1S/C25H27N5O6/c1-17-12-30(24(33)28-22(17)32)23-20(31)21(35-14-19-10-6-3-7-11-19)25(36-23,15-27-29-26)16-34-13-18-8-4-2-5-9-18/h2-12,20-21,23,31H,13-16H2,1H3,(H,28,32,33)/t20-,21+,23-,25-/m1/s1. The fourth-order valence-electron chi connectivity index (χ4n) is 4.20. The minimum absolute atomic E-state index is 0.0922. The lowest BCUT2D eigenvalue weighted by Crippen LogP contribution is -2.51. The third-order valence-corrected chi connectivity index (χ3v) is 6.03. The van der Waals surface area contributed by atoms with E-state index in [2.05, 4.69) is 15.0 Å². The molecule has 4 rings (SSSR count). The molecule has 36 heavy (non-hydrogen) atoms. The van der Waals surface area contributed by atoms with E-state index in [1.807, 2.05) is 60.7 Å². The van der Waals surface area contributed by atoms with E-state index in [4.69, 9.17) is 19.7 Å². The molecule has 0 saturated carbocycles. The van der Waals surface area contributed by atoms with Gasteiger partial charge in [-0.25, -0.2) is 4.79 Å². The molecule has 0 spiro atoms. The zero-order valence-electron chi connectivity index (χ0n) is 19.7. The number of nitrogens with one attached hydrogen (secondary N) is 1. The number of aromatic nitrogens is 2. The van der Waals surface area contributed by atoms with Gasteiger partial charge in [-0.3, -0.25) is 14.3 Å². The maximum atomic E-state index is 12.6. The van der Waals surface area contributed by atoms with Crippen LogP contribution >= 0.6 is 0 Å². The molecule has 2 heterocycles. The van der Waals surface area contributed by atoms with Gasteiger partial charge in [0.2, 0.25) is 0 Å². The molecule has 11 heteroatoms. The van der Waals surface area contributed by atoms with Gasteiger partial charge in [0.05, 0.1) is 26.4 Å². The van der Waals surface area contributed by atoms with Gasteiger partial charge in [0.15, 0.2) is 6.23 Å². The molecule has 0 bridgehead atoms. The van der Waals surface area contributed by atoms with E-state index in [1.165, 1.54) is 13.1 Å². The van der Waals surface area contributed by atoms with Crippen LogP contribution in [0.3, 0.4) is 0 Å². The number of aromatic amines is 1. The van der Waals surface area contributed by atoms with Gasteiger partial charge < -0.3 is 19.3 Å². The Kier molecular flexibility index (Phi) is 7.99. The molecule has 2 N–H and O–H groups in total. The summed E-state index contributed by atoms with van der Waals surface area (Å²) in [5.74, 6) is 0. The zero-order chi connectivity index (χ0) is 25.5. The molecule has 4 atom stereocenters. The number of aliphatic hydroxyl groups is 1. The van der Waals surface area contributed by atoms with Crippen LogP contribution in [0, 0.1) is 6.92 Å². The molecule has 3 aromatic rings. The fourth-order valence-corrected chi connectivity index (χ4v) is 4.20. The predicted octanol–water partition coefficient (Wildman–Crippen LogP) is 2.59. The molecule has 1 fully saturated rings. The zero-order valence-corrected chi connectivity index (χ0v) is 19.7. The van der Waals surface area contributed by atoms with E-state index < -0.39 is 35.3 Å². The van der Waals surface area contributed by atoms with Gasteiger partial charge in [0, 0.05) is 16.7 Å². The number of aryl methyl sites for hydroxylation is 1. The van der Waals surface area contributed by atoms with Gasteiger partial charge in [0.25, 0.3) is 5.56 Å². The Balaban J connectivity index is 1.67. The van der Waals surface area contributed by atoms with Gasteiger partial charge in [-0.2, -0.15) is 0 Å². The van der Waals surface area contributed by atoms with Gasteiger partial charge in [-0.05, 0) is 23.6 Å². The van der Waals surface area contributed by atoms with Crippen LogP contribution in [0.15, 0.2) is 81.6 Å². The van der Waals surface area contributed by atoms with Crippen molar-refractivity contribution in [1.29, 1.82) is 0 Å². The highest BCUT2D eigenvalue weighted by atomic mass is 16.6. The smallest absolute Gasteiger partial charge is 0.330 e. The lowest BCUT2D eigenvalue weighted by Gasteiger charge is -2.33. The molecule has 188 valence electrons. The minimum atomic E-state index is -1.41. The molecule has 11 nitrogen and oxygen atoms in total. The van der Waals surface area contributed by atoms with Crippen LogP contribution in [-0.2, 0) is 27.4 Å². The molecule has 1 aromatic heterocycles. The number of nitrogens with zero attached hydrogens (tertiary/aromatic N) is 4. The maximum Gasteiger partial charge on any atom is 0.330 e. The lowest BCUT2D eigenvalue weighted by atomic mass is 9.95. The minimum Gasteiger partial charge on any atom is -0.386 e. The molecule has 1 aliphatic heterocycles. The molecule has 1 aliphatic rings. The summed E-state index contributed by atoms with van der Waals surface area (Å²) in [5, 5.41) is 15.0. The topological polar surface area (TPSA) is 152 Å². The Morgan fingerprint density at radius 2 is 1.75 bits per heavy atom. The summed E-state index contributed by atoms with van der Waals surface area (Å²) in [5.41, 5.74) is 8.40. The van der Waals surface area contributed by atoms with Crippen molar-refractivity contribution >= 4 is 0 Å². The van der Waals surface area contributed by atoms with Crippen molar-refractivity contribution in [3.05, 3.63) is 115 Å². The molecule has 2 aromatic carbocycles. The molecule has 0 amide bonds. The Morgan fingerprint density at radius 1 is 1.11 bits per heavy atom. The van der Waals surface area contributed by atoms with E-state index in [-0.39, 0.29) is 31.9 Å². The molecule has 0 unspecified atom stereocenters. The summed E-state index contributed by atoms with van der Waals surface area (Å²) in [4.78, 5) is 29.6. The Bertz CT molecular complexity index is 1320. The SMILES string of the molecule is Cc1cn([C@@H]2O[C@](CN=[N+]=[N-])(COCc3ccccc3)[C@@H](OCc3ccccc3)[C@H]2O)c(=O)[nH]c1=O. The number of hydrogen-bond acceptors (Lipinski definition) is 7.